The Balaban J connectivity index is 1.34. The summed E-state index contributed by atoms with van der Waals surface area (Å²) in [5, 5.41) is 11.2. The van der Waals surface area contributed by atoms with Crippen molar-refractivity contribution in [3.05, 3.63) is 69.2 Å². The van der Waals surface area contributed by atoms with Gasteiger partial charge in [0.15, 0.2) is 0 Å². The van der Waals surface area contributed by atoms with E-state index in [2.05, 4.69) is 20.8 Å². The number of hydrogen-bond donors (Lipinski definition) is 1. The van der Waals surface area contributed by atoms with Crippen LogP contribution in [0.1, 0.15) is 20.7 Å². The number of benzene rings is 2. The lowest BCUT2D eigenvalue weighted by molar-refractivity contribution is 0.0376. The van der Waals surface area contributed by atoms with E-state index in [1.54, 1.807) is 41.3 Å². The number of nitrogens with zero attached hydrogens (tertiary/aromatic N) is 3. The molecule has 0 unspecified atom stereocenters. The van der Waals surface area contributed by atoms with Crippen molar-refractivity contribution in [2.75, 3.05) is 39.3 Å². The van der Waals surface area contributed by atoms with Crippen LogP contribution in [-0.2, 0) is 0 Å². The minimum atomic E-state index is -0.595. The molecular weight excluding hydrogens is 470 g/mol. The van der Waals surface area contributed by atoms with Gasteiger partial charge in [0.05, 0.1) is 12.1 Å². The Morgan fingerprint density at radius 3 is 1.97 bits per heavy atom. The summed E-state index contributed by atoms with van der Waals surface area (Å²) < 4.78 is 0.921. The molecule has 0 spiro atoms. The quantitative estimate of drug-likeness (QED) is 0.716. The summed E-state index contributed by atoms with van der Waals surface area (Å²) in [5.41, 5.74) is 1.24. The number of halogens is 2. The topological polar surface area (TPSA) is 64.1 Å². The molecule has 2 fully saturated rings. The van der Waals surface area contributed by atoms with Gasteiger partial charge in [0.2, 0.25) is 0 Å². The highest BCUT2D eigenvalue weighted by atomic mass is 79.9. The van der Waals surface area contributed by atoms with E-state index >= 15 is 0 Å². The van der Waals surface area contributed by atoms with E-state index in [1.807, 2.05) is 17.0 Å². The second-order valence-corrected chi connectivity index (χ2v) is 9.04. The lowest BCUT2D eigenvalue weighted by Crippen LogP contribution is -2.54. The van der Waals surface area contributed by atoms with Gasteiger partial charge in [0.1, 0.15) is 0 Å². The van der Waals surface area contributed by atoms with Crippen LogP contribution in [0.5, 0.6) is 0 Å². The predicted molar refractivity (Wildman–Crippen MR) is 119 cm³/mol. The molecule has 2 heterocycles. The van der Waals surface area contributed by atoms with Crippen molar-refractivity contribution in [1.29, 1.82) is 0 Å². The van der Waals surface area contributed by atoms with E-state index in [1.165, 1.54) is 0 Å². The molecule has 0 saturated carbocycles. The SMILES string of the molecule is O=C(c1ccc(Cl)cc1)N1CCN([C@@H]2CN(C(=O)c3ccc(Br)cc3)C[C@H]2O)CC1. The fourth-order valence-electron chi connectivity index (χ4n) is 4.10. The molecular formula is C22H23BrClN3O3. The summed E-state index contributed by atoms with van der Waals surface area (Å²) in [5.74, 6) is -0.0778. The van der Waals surface area contributed by atoms with Gasteiger partial charge >= 0.3 is 0 Å². The average Bonchev–Trinajstić information content (AvgIpc) is 3.15. The van der Waals surface area contributed by atoms with Crippen molar-refractivity contribution >= 4 is 39.3 Å². The third-order valence-electron chi connectivity index (χ3n) is 5.80. The molecule has 2 amide bonds. The van der Waals surface area contributed by atoms with Crippen LogP contribution in [0.2, 0.25) is 5.02 Å². The molecule has 1 N–H and O–H groups in total. The highest BCUT2D eigenvalue weighted by Gasteiger charge is 2.39. The second kappa shape index (κ2) is 9.06. The lowest BCUT2D eigenvalue weighted by atomic mass is 10.1. The van der Waals surface area contributed by atoms with Crippen molar-refractivity contribution in [2.24, 2.45) is 0 Å². The number of aliphatic hydroxyl groups excluding tert-OH is 1. The van der Waals surface area contributed by atoms with Gasteiger partial charge in [-0.3, -0.25) is 14.5 Å². The predicted octanol–water partition coefficient (Wildman–Crippen LogP) is 2.75. The summed E-state index contributed by atoms with van der Waals surface area (Å²) in [6, 6.07) is 14.1. The normalized spacial score (nSPS) is 22.4. The molecule has 2 aliphatic rings. The molecule has 4 rings (SSSR count). The fourth-order valence-corrected chi connectivity index (χ4v) is 4.49. The first-order chi connectivity index (χ1) is 14.4. The number of carbonyl (C=O) groups excluding carboxylic acids is 2. The molecule has 0 radical (unpaired) electrons. The number of rotatable bonds is 3. The highest BCUT2D eigenvalue weighted by molar-refractivity contribution is 9.10. The number of β-amino-alcohol motifs (C(OH)–C–C–N with tert-alkyl or cyclic N) is 1. The Morgan fingerprint density at radius 1 is 0.833 bits per heavy atom. The number of carbonyl (C=O) groups is 2. The van der Waals surface area contributed by atoms with E-state index < -0.39 is 6.10 Å². The minimum Gasteiger partial charge on any atom is -0.390 e. The molecule has 8 heteroatoms. The van der Waals surface area contributed by atoms with Gasteiger partial charge in [-0.25, -0.2) is 0 Å². The molecule has 2 aromatic carbocycles. The number of amides is 2. The van der Waals surface area contributed by atoms with E-state index in [0.29, 0.717) is 55.4 Å². The van der Waals surface area contributed by atoms with Crippen LogP contribution >= 0.6 is 27.5 Å². The van der Waals surface area contributed by atoms with Crippen LogP contribution in [-0.4, -0.2) is 83.0 Å². The van der Waals surface area contributed by atoms with Crippen molar-refractivity contribution in [1.82, 2.24) is 14.7 Å². The highest BCUT2D eigenvalue weighted by Crippen LogP contribution is 2.22. The second-order valence-electron chi connectivity index (χ2n) is 7.69. The van der Waals surface area contributed by atoms with E-state index in [9.17, 15) is 14.7 Å². The lowest BCUT2D eigenvalue weighted by Gasteiger charge is -2.38. The minimum absolute atomic E-state index is 0.00895. The van der Waals surface area contributed by atoms with Crippen molar-refractivity contribution in [2.45, 2.75) is 12.1 Å². The van der Waals surface area contributed by atoms with Gasteiger partial charge in [-0.1, -0.05) is 27.5 Å². The number of hydrogen-bond acceptors (Lipinski definition) is 4. The zero-order valence-electron chi connectivity index (χ0n) is 16.4. The van der Waals surface area contributed by atoms with E-state index in [-0.39, 0.29) is 17.9 Å². The molecule has 2 aliphatic heterocycles. The number of piperazine rings is 1. The maximum atomic E-state index is 12.8. The van der Waals surface area contributed by atoms with E-state index in [0.717, 1.165) is 4.47 Å². The van der Waals surface area contributed by atoms with Crippen LogP contribution in [0.4, 0.5) is 0 Å². The molecule has 0 bridgehead atoms. The Labute approximate surface area is 189 Å². The first-order valence-corrected chi connectivity index (χ1v) is 11.1. The largest absolute Gasteiger partial charge is 0.390 e. The first-order valence-electron chi connectivity index (χ1n) is 9.94. The van der Waals surface area contributed by atoms with Crippen LogP contribution < -0.4 is 0 Å². The summed E-state index contributed by atoms with van der Waals surface area (Å²) in [6.45, 7) is 3.32. The van der Waals surface area contributed by atoms with Gasteiger partial charge in [0.25, 0.3) is 11.8 Å². The van der Waals surface area contributed by atoms with Gasteiger partial charge in [0, 0.05) is 59.9 Å². The zero-order valence-corrected chi connectivity index (χ0v) is 18.7. The van der Waals surface area contributed by atoms with Gasteiger partial charge in [-0.05, 0) is 48.5 Å². The van der Waals surface area contributed by atoms with Crippen molar-refractivity contribution < 1.29 is 14.7 Å². The van der Waals surface area contributed by atoms with Gasteiger partial charge in [-0.15, -0.1) is 0 Å². The van der Waals surface area contributed by atoms with Gasteiger partial charge in [-0.2, -0.15) is 0 Å². The van der Waals surface area contributed by atoms with Crippen LogP contribution in [0.3, 0.4) is 0 Å². The summed E-state index contributed by atoms with van der Waals surface area (Å²) in [6.07, 6.45) is -0.595. The fraction of sp³-hybridized carbons (Fsp3) is 0.364. The maximum Gasteiger partial charge on any atom is 0.253 e. The number of likely N-dealkylation sites (tertiary alicyclic amines) is 1. The summed E-state index contributed by atoms with van der Waals surface area (Å²) in [4.78, 5) is 31.2. The van der Waals surface area contributed by atoms with Crippen LogP contribution in [0.15, 0.2) is 53.0 Å². The summed E-state index contributed by atoms with van der Waals surface area (Å²) in [7, 11) is 0. The monoisotopic (exact) mass is 491 g/mol. The molecule has 158 valence electrons. The maximum absolute atomic E-state index is 12.8. The first kappa shape index (κ1) is 21.3. The van der Waals surface area contributed by atoms with E-state index in [4.69, 9.17) is 11.6 Å². The third-order valence-corrected chi connectivity index (χ3v) is 6.58. The third kappa shape index (κ3) is 4.54. The standard InChI is InChI=1S/C22H23BrClN3O3/c23-17-5-1-15(2-6-17)22(30)27-13-19(20(28)14-27)25-9-11-26(12-10-25)21(29)16-3-7-18(24)8-4-16/h1-8,19-20,28H,9-14H2/t19-,20-/m1/s1. The molecule has 30 heavy (non-hydrogen) atoms. The molecule has 0 aliphatic carbocycles. The Hall–Kier alpha value is -1.93. The van der Waals surface area contributed by atoms with Crippen LogP contribution in [0.25, 0.3) is 0 Å². The Kier molecular flexibility index (Phi) is 6.43. The number of aliphatic hydroxyl groups is 1. The molecule has 6 nitrogen and oxygen atoms in total. The molecule has 2 atom stereocenters. The Morgan fingerprint density at radius 2 is 1.37 bits per heavy atom. The van der Waals surface area contributed by atoms with Crippen molar-refractivity contribution in [3.8, 4) is 0 Å². The van der Waals surface area contributed by atoms with Gasteiger partial charge < -0.3 is 14.9 Å². The molecule has 2 saturated heterocycles. The smallest absolute Gasteiger partial charge is 0.253 e. The molecule has 2 aromatic rings. The molecule has 0 aromatic heterocycles. The Bertz CT molecular complexity index is 914. The zero-order chi connectivity index (χ0) is 21.3. The van der Waals surface area contributed by atoms with Crippen LogP contribution in [0, 0.1) is 0 Å². The summed E-state index contributed by atoms with van der Waals surface area (Å²) >= 11 is 9.28. The average molecular weight is 493 g/mol. The van der Waals surface area contributed by atoms with Crippen molar-refractivity contribution in [3.63, 3.8) is 0 Å².